The zero-order chi connectivity index (χ0) is 44.0. The van der Waals surface area contributed by atoms with E-state index in [1.54, 1.807) is 33.1 Å². The van der Waals surface area contributed by atoms with Crippen LogP contribution in [0.3, 0.4) is 0 Å². The van der Waals surface area contributed by atoms with E-state index in [2.05, 4.69) is 0 Å². The second-order valence-electron chi connectivity index (χ2n) is 15.1. The van der Waals surface area contributed by atoms with Gasteiger partial charge in [-0.25, -0.2) is 0 Å². The molecule has 0 saturated carbocycles. The summed E-state index contributed by atoms with van der Waals surface area (Å²) < 4.78 is 71.7. The van der Waals surface area contributed by atoms with Gasteiger partial charge < -0.3 is 0 Å². The largest absolute Gasteiger partial charge is 0.289 e. The van der Waals surface area contributed by atoms with E-state index in [0.717, 1.165) is 0 Å². The molecule has 9 rings (SSSR count). The molecule has 314 valence electrons. The van der Waals surface area contributed by atoms with Gasteiger partial charge in [-0.15, -0.1) is 0 Å². The first-order valence-electron chi connectivity index (χ1n) is 20.9. The Kier molecular flexibility index (Phi) is 12.2. The lowest BCUT2D eigenvalue weighted by Crippen LogP contribution is -2.38. The van der Waals surface area contributed by atoms with Crippen molar-refractivity contribution in [3.8, 4) is 0 Å². The van der Waals surface area contributed by atoms with Crippen molar-refractivity contribution >= 4 is 83.0 Å². The number of hydrogen-bond donors (Lipinski definition) is 0. The lowest BCUT2D eigenvalue weighted by atomic mass is 10.3. The van der Waals surface area contributed by atoms with Crippen LogP contribution in [-0.4, -0.2) is 0 Å². The van der Waals surface area contributed by atoms with Gasteiger partial charge in [0.05, 0.1) is 11.4 Å². The van der Waals surface area contributed by atoms with Crippen LogP contribution in [0.15, 0.2) is 267 Å². The Morgan fingerprint density at radius 1 is 0.203 bits per heavy atom. The highest BCUT2D eigenvalue weighted by molar-refractivity contribution is 7.97. The lowest BCUT2D eigenvalue weighted by molar-refractivity contribution is 0.578. The van der Waals surface area contributed by atoms with E-state index in [4.69, 9.17) is 0 Å². The maximum Gasteiger partial charge on any atom is 0.235 e. The number of rotatable bonds is 14. The van der Waals surface area contributed by atoms with Gasteiger partial charge in [0.15, 0.2) is 0 Å². The maximum absolute atomic E-state index is 17.1. The van der Waals surface area contributed by atoms with E-state index in [1.807, 2.05) is 243 Å². The first kappa shape index (κ1) is 42.8. The van der Waals surface area contributed by atoms with Crippen molar-refractivity contribution in [3.63, 3.8) is 0 Å². The van der Waals surface area contributed by atoms with Crippen molar-refractivity contribution in [2.24, 2.45) is 0 Å². The molecule has 0 radical (unpaired) electrons. The van der Waals surface area contributed by atoms with E-state index in [9.17, 15) is 0 Å². The first-order chi connectivity index (χ1) is 31.3. The standard InChI is InChI=1S/C54H44N2O4P4/c57-61(47-28-9-1-10-29-47,48-30-11-2-12-31-48)55(62(58,49-32-13-3-14-33-49)50-34-15-4-16-35-50)45-26-25-27-46(44-45)56(63(59,51-36-17-5-18-37-51)52-38-19-6-20-39-52)64(60,53-40-21-7-22-41-53)54-42-23-8-24-43-54/h1-44H. The zero-order valence-electron chi connectivity index (χ0n) is 34.7. The molecular weight excluding hydrogens is 864 g/mol. The van der Waals surface area contributed by atoms with Gasteiger partial charge in [-0.1, -0.05) is 152 Å². The molecule has 0 bridgehead atoms. The van der Waals surface area contributed by atoms with Crippen molar-refractivity contribution in [2.75, 3.05) is 8.88 Å². The molecule has 0 N–H and O–H groups in total. The molecule has 0 amide bonds. The summed E-state index contributed by atoms with van der Waals surface area (Å²) in [6.45, 7) is 0. The van der Waals surface area contributed by atoms with Crippen molar-refractivity contribution < 1.29 is 18.3 Å². The molecule has 6 nitrogen and oxygen atoms in total. The summed E-state index contributed by atoms with van der Waals surface area (Å²) in [6, 6.07) is 80.5. The van der Waals surface area contributed by atoms with E-state index in [1.165, 1.54) is 0 Å². The van der Waals surface area contributed by atoms with Crippen molar-refractivity contribution in [1.29, 1.82) is 0 Å². The predicted molar refractivity (Wildman–Crippen MR) is 270 cm³/mol. The second kappa shape index (κ2) is 18.3. The van der Waals surface area contributed by atoms with Crippen LogP contribution in [0.4, 0.5) is 11.4 Å². The average molecular weight is 909 g/mol. The third-order valence-corrected chi connectivity index (χ3v) is 25.3. The fourth-order valence-electron chi connectivity index (χ4n) is 8.26. The molecule has 0 aliphatic rings. The van der Waals surface area contributed by atoms with E-state index >= 15 is 18.3 Å². The predicted octanol–water partition coefficient (Wildman–Crippen LogP) is 11.0. The van der Waals surface area contributed by atoms with Crippen LogP contribution in [0.25, 0.3) is 0 Å². The van der Waals surface area contributed by atoms with Crippen LogP contribution in [0.5, 0.6) is 0 Å². The van der Waals surface area contributed by atoms with E-state index in [-0.39, 0.29) is 0 Å². The molecule has 9 aromatic rings. The summed E-state index contributed by atoms with van der Waals surface area (Å²) in [4.78, 5) is 0. The monoisotopic (exact) mass is 908 g/mol. The van der Waals surface area contributed by atoms with Crippen molar-refractivity contribution in [1.82, 2.24) is 0 Å². The highest BCUT2D eigenvalue weighted by Crippen LogP contribution is 2.69. The van der Waals surface area contributed by atoms with Gasteiger partial charge in [-0.3, -0.25) is 27.1 Å². The molecule has 0 fully saturated rings. The van der Waals surface area contributed by atoms with Gasteiger partial charge >= 0.3 is 0 Å². The third kappa shape index (κ3) is 7.58. The minimum atomic E-state index is -4.16. The van der Waals surface area contributed by atoms with Crippen LogP contribution >= 0.6 is 29.2 Å². The summed E-state index contributed by atoms with van der Waals surface area (Å²) in [5.41, 5.74) is 0.629. The van der Waals surface area contributed by atoms with Gasteiger partial charge in [-0.05, 0) is 115 Å². The Labute approximate surface area is 375 Å². The minimum absolute atomic E-state index is 0.315. The van der Waals surface area contributed by atoms with Gasteiger partial charge in [-0.2, -0.15) is 0 Å². The summed E-state index contributed by atoms with van der Waals surface area (Å²) in [6.07, 6.45) is 0. The van der Waals surface area contributed by atoms with Gasteiger partial charge in [0, 0.05) is 42.4 Å². The molecule has 10 heteroatoms. The summed E-state index contributed by atoms with van der Waals surface area (Å²) in [5, 5.41) is 3.73. The first-order valence-corrected chi connectivity index (χ1v) is 27.5. The van der Waals surface area contributed by atoms with Crippen molar-refractivity contribution in [2.45, 2.75) is 0 Å². The molecule has 0 unspecified atom stereocenters. The Morgan fingerprint density at radius 2 is 0.359 bits per heavy atom. The Hall–Kier alpha value is -6.50. The molecule has 0 spiro atoms. The average Bonchev–Trinajstić information content (AvgIpc) is 3.38. The topological polar surface area (TPSA) is 74.8 Å². The fourth-order valence-corrected chi connectivity index (χ4v) is 22.9. The highest BCUT2D eigenvalue weighted by atomic mass is 31.2. The van der Waals surface area contributed by atoms with Crippen LogP contribution < -0.4 is 51.3 Å². The summed E-state index contributed by atoms with van der Waals surface area (Å²) in [7, 11) is -16.6. The van der Waals surface area contributed by atoms with E-state index in [0.29, 0.717) is 53.8 Å². The van der Waals surface area contributed by atoms with Gasteiger partial charge in [0.2, 0.25) is 29.2 Å². The molecule has 64 heavy (non-hydrogen) atoms. The summed E-state index contributed by atoms with van der Waals surface area (Å²) >= 11 is 0. The zero-order valence-corrected chi connectivity index (χ0v) is 38.3. The quantitative estimate of drug-likeness (QED) is 0.101. The van der Waals surface area contributed by atoms with Crippen LogP contribution in [-0.2, 0) is 18.3 Å². The molecule has 0 aliphatic carbocycles. The number of nitrogens with zero attached hydrogens (tertiary/aromatic N) is 2. The molecule has 9 aromatic carbocycles. The Balaban J connectivity index is 1.44. The van der Waals surface area contributed by atoms with Crippen molar-refractivity contribution in [3.05, 3.63) is 267 Å². The number of anilines is 2. The maximum atomic E-state index is 17.1. The smallest absolute Gasteiger partial charge is 0.235 e. The molecule has 0 heterocycles. The minimum Gasteiger partial charge on any atom is -0.289 e. The Bertz CT molecular complexity index is 2590. The number of hydrogen-bond acceptors (Lipinski definition) is 4. The Morgan fingerprint density at radius 3 is 0.516 bits per heavy atom. The molecule has 0 saturated heterocycles. The number of benzene rings is 9. The van der Waals surface area contributed by atoms with E-state index < -0.39 is 29.2 Å². The normalized spacial score (nSPS) is 12.0. The SMILES string of the molecule is O=P(c1ccccc1)(c1ccccc1)N(c1cccc(N(P(=O)(c2ccccc2)c2ccccc2)P(=O)(c2ccccc2)c2ccccc2)c1)P(=O)(c1ccccc1)c1ccccc1. The second-order valence-corrected chi connectivity index (χ2v) is 26.1. The molecule has 0 aromatic heterocycles. The molecular formula is C54H44N2O4P4. The lowest BCUT2D eigenvalue weighted by Gasteiger charge is -2.42. The van der Waals surface area contributed by atoms with Gasteiger partial charge in [0.25, 0.3) is 0 Å². The summed E-state index contributed by atoms with van der Waals surface area (Å²) in [5.74, 6) is 0. The molecule has 0 aliphatic heterocycles. The van der Waals surface area contributed by atoms with Crippen LogP contribution in [0, 0.1) is 0 Å². The van der Waals surface area contributed by atoms with Crippen LogP contribution in [0.2, 0.25) is 0 Å². The van der Waals surface area contributed by atoms with Gasteiger partial charge in [0.1, 0.15) is 0 Å². The highest BCUT2D eigenvalue weighted by Gasteiger charge is 2.50. The van der Waals surface area contributed by atoms with Crippen LogP contribution in [0.1, 0.15) is 0 Å². The molecule has 0 atom stereocenters. The third-order valence-electron chi connectivity index (χ3n) is 11.2. The fraction of sp³-hybridized carbons (Fsp3) is 0.